The van der Waals surface area contributed by atoms with Gasteiger partial charge in [-0.2, -0.15) is 0 Å². The summed E-state index contributed by atoms with van der Waals surface area (Å²) in [6.45, 7) is 14.5. The van der Waals surface area contributed by atoms with Crippen LogP contribution in [0.25, 0.3) is 127 Å². The van der Waals surface area contributed by atoms with Crippen LogP contribution in [0.1, 0.15) is 74.9 Å². The maximum Gasteiger partial charge on any atom is 0.143 e. The minimum atomic E-state index is -0.364. The van der Waals surface area contributed by atoms with Crippen molar-refractivity contribution in [1.82, 2.24) is 4.57 Å². The average Bonchev–Trinajstić information content (AvgIpc) is 1.94. The molecule has 15 aromatic rings. The maximum absolute atomic E-state index is 6.97. The van der Waals surface area contributed by atoms with Crippen molar-refractivity contribution >= 4 is 93.5 Å². The molecule has 3 heterocycles. The van der Waals surface area contributed by atoms with Crippen molar-refractivity contribution in [2.75, 3.05) is 4.90 Å². The summed E-state index contributed by atoms with van der Waals surface area (Å²) in [6, 6.07) is 85.9. The van der Waals surface area contributed by atoms with E-state index < -0.39 is 0 Å². The molecule has 0 amide bonds. The van der Waals surface area contributed by atoms with Crippen LogP contribution in [0.4, 0.5) is 17.1 Å². The smallest absolute Gasteiger partial charge is 0.143 e. The van der Waals surface area contributed by atoms with Gasteiger partial charge in [-0.25, -0.2) is 0 Å². The van der Waals surface area contributed by atoms with Gasteiger partial charge in [-0.3, -0.25) is 0 Å². The Morgan fingerprint density at radius 2 is 0.880 bits per heavy atom. The van der Waals surface area contributed by atoms with Gasteiger partial charge in [0, 0.05) is 76.9 Å². The van der Waals surface area contributed by atoms with Gasteiger partial charge in [-0.05, 0) is 180 Å². The summed E-state index contributed by atoms with van der Waals surface area (Å²) in [5, 5.41) is 9.60. The first kappa shape index (κ1) is 46.8. The van der Waals surface area contributed by atoms with Crippen molar-refractivity contribution in [3.8, 4) is 50.2 Å². The van der Waals surface area contributed by atoms with E-state index in [1.54, 1.807) is 0 Å². The predicted molar refractivity (Wildman–Crippen MR) is 346 cm³/mol. The average molecular weight is 1070 g/mol. The lowest BCUT2D eigenvalue weighted by Gasteiger charge is -2.30. The molecule has 0 saturated carbocycles. The van der Waals surface area contributed by atoms with E-state index in [1.807, 2.05) is 0 Å². The summed E-state index contributed by atoms with van der Waals surface area (Å²) >= 11 is 0. The Hall–Kier alpha value is -9.90. The lowest BCUT2D eigenvalue weighted by atomic mass is 9.79. The van der Waals surface area contributed by atoms with Crippen LogP contribution in [-0.4, -0.2) is 4.57 Å². The number of fused-ring (bicyclic) bond motifs is 21. The van der Waals surface area contributed by atoms with E-state index in [0.717, 1.165) is 67.1 Å². The molecule has 12 aromatic carbocycles. The molecule has 4 heteroatoms. The SMILES string of the molecule is CC1(C)c2cc(N(c3ccc4c(c3)C(C)(C)c3cc(-c5ccc6ccccc6c5)c5oc6ccccc6c5c3-4)c3ccc4c5ccccc5n(-c5ccccc5)c4c3)ccc2-c2cc3c(cc21)-c1c(ccc2oc4ccccc4c12)C3(C)C. The molecule has 0 atom stereocenters. The van der Waals surface area contributed by atoms with Crippen molar-refractivity contribution in [3.05, 3.63) is 264 Å². The first-order chi connectivity index (χ1) is 40.4. The van der Waals surface area contributed by atoms with Gasteiger partial charge in [0.15, 0.2) is 0 Å². The first-order valence-corrected chi connectivity index (χ1v) is 29.2. The Morgan fingerprint density at radius 3 is 1.67 bits per heavy atom. The van der Waals surface area contributed by atoms with Crippen LogP contribution in [0.15, 0.2) is 239 Å². The first-order valence-electron chi connectivity index (χ1n) is 29.2. The monoisotopic (exact) mass is 1060 g/mol. The Labute approximate surface area is 481 Å². The Bertz CT molecular complexity index is 5370. The third-order valence-corrected chi connectivity index (χ3v) is 19.7. The number of anilines is 3. The summed E-state index contributed by atoms with van der Waals surface area (Å²) in [6.07, 6.45) is 0. The van der Waals surface area contributed by atoms with Crippen LogP contribution in [-0.2, 0) is 16.2 Å². The minimum Gasteiger partial charge on any atom is -0.456 e. The van der Waals surface area contributed by atoms with Crippen molar-refractivity contribution in [2.45, 2.75) is 57.8 Å². The van der Waals surface area contributed by atoms with E-state index in [9.17, 15) is 0 Å². The fraction of sp³-hybridized carbons (Fsp3) is 0.114. The van der Waals surface area contributed by atoms with Gasteiger partial charge in [0.25, 0.3) is 0 Å². The molecule has 18 rings (SSSR count). The molecule has 3 aromatic heterocycles. The number of benzene rings is 12. The second-order valence-electron chi connectivity index (χ2n) is 25.2. The van der Waals surface area contributed by atoms with Crippen LogP contribution >= 0.6 is 0 Å². The molecule has 394 valence electrons. The highest BCUT2D eigenvalue weighted by molar-refractivity contribution is 6.20. The van der Waals surface area contributed by atoms with Crippen molar-refractivity contribution < 1.29 is 8.83 Å². The van der Waals surface area contributed by atoms with Gasteiger partial charge >= 0.3 is 0 Å². The number of nitrogens with zero attached hydrogens (tertiary/aromatic N) is 2. The highest BCUT2D eigenvalue weighted by Gasteiger charge is 2.44. The van der Waals surface area contributed by atoms with Gasteiger partial charge < -0.3 is 18.3 Å². The van der Waals surface area contributed by atoms with E-state index >= 15 is 0 Å². The van der Waals surface area contributed by atoms with E-state index in [4.69, 9.17) is 8.83 Å². The van der Waals surface area contributed by atoms with Crippen LogP contribution in [0.2, 0.25) is 0 Å². The van der Waals surface area contributed by atoms with Crippen LogP contribution in [0, 0.1) is 0 Å². The molecular formula is C79H56N2O2. The molecule has 3 aliphatic carbocycles. The summed E-state index contributed by atoms with van der Waals surface area (Å²) in [5.74, 6) is 0. The van der Waals surface area contributed by atoms with Crippen molar-refractivity contribution in [1.29, 1.82) is 0 Å². The van der Waals surface area contributed by atoms with Crippen molar-refractivity contribution in [3.63, 3.8) is 0 Å². The Kier molecular flexibility index (Phi) is 9.12. The van der Waals surface area contributed by atoms with Crippen LogP contribution in [0.3, 0.4) is 0 Å². The fourth-order valence-corrected chi connectivity index (χ4v) is 15.6. The molecule has 0 radical (unpaired) electrons. The number of para-hydroxylation sites is 4. The number of hydrogen-bond acceptors (Lipinski definition) is 3. The Balaban J connectivity index is 0.844. The van der Waals surface area contributed by atoms with Gasteiger partial charge in [-0.1, -0.05) is 175 Å². The zero-order chi connectivity index (χ0) is 55.4. The van der Waals surface area contributed by atoms with Crippen LogP contribution in [0.5, 0.6) is 0 Å². The normalized spacial score (nSPS) is 14.9. The molecule has 0 saturated heterocycles. The molecule has 0 fully saturated rings. The van der Waals surface area contributed by atoms with Gasteiger partial charge in [-0.15, -0.1) is 0 Å². The third kappa shape index (κ3) is 6.20. The van der Waals surface area contributed by atoms with Crippen molar-refractivity contribution in [2.24, 2.45) is 0 Å². The molecular weight excluding hydrogens is 1010 g/mol. The second-order valence-corrected chi connectivity index (χ2v) is 25.2. The lowest BCUT2D eigenvalue weighted by molar-refractivity contribution is 0.651. The minimum absolute atomic E-state index is 0.202. The van der Waals surface area contributed by atoms with E-state index in [-0.39, 0.29) is 16.2 Å². The maximum atomic E-state index is 6.97. The second kappa shape index (κ2) is 16.2. The highest BCUT2D eigenvalue weighted by Crippen LogP contribution is 2.60. The molecule has 0 N–H and O–H groups in total. The Morgan fingerprint density at radius 1 is 0.325 bits per heavy atom. The van der Waals surface area contributed by atoms with Gasteiger partial charge in [0.05, 0.1) is 11.0 Å². The van der Waals surface area contributed by atoms with Crippen LogP contribution < -0.4 is 4.90 Å². The zero-order valence-electron chi connectivity index (χ0n) is 47.2. The number of aromatic nitrogens is 1. The molecule has 0 bridgehead atoms. The summed E-state index contributed by atoms with van der Waals surface area (Å²) in [5.41, 5.74) is 27.7. The molecule has 83 heavy (non-hydrogen) atoms. The molecule has 0 spiro atoms. The van der Waals surface area contributed by atoms with E-state index in [0.29, 0.717) is 0 Å². The summed E-state index contributed by atoms with van der Waals surface area (Å²) in [4.78, 5) is 2.52. The number of rotatable bonds is 5. The molecule has 0 aliphatic heterocycles. The predicted octanol–water partition coefficient (Wildman–Crippen LogP) is 21.8. The molecule has 4 nitrogen and oxygen atoms in total. The molecule has 0 unspecified atom stereocenters. The van der Waals surface area contributed by atoms with E-state index in [2.05, 4.69) is 282 Å². The fourth-order valence-electron chi connectivity index (χ4n) is 15.6. The topological polar surface area (TPSA) is 34.5 Å². The number of furan rings is 2. The summed E-state index contributed by atoms with van der Waals surface area (Å²) in [7, 11) is 0. The molecule has 3 aliphatic rings. The standard InChI is InChI=1S/C79H56N2O2/c1-77(2)61-36-37-71-74(56-23-13-16-26-69(56)82-71)73(61)60-44-64-59(43-65(60)77)52-33-30-49(39-62(52)78(64,3)4)80(51-31-34-54-53-22-12-15-25-67(53)81(68(54)41-51)48-20-8-7-9-21-48)50-32-35-55-63(40-50)79(5,6)66-42-58(47-29-28-45-18-10-11-19-46(45)38-47)76-75(72(55)66)57-24-14-17-27-70(57)83-76/h7-44H,1-6H3. The number of hydrogen-bond donors (Lipinski definition) is 0. The zero-order valence-corrected chi connectivity index (χ0v) is 47.2. The lowest BCUT2D eigenvalue weighted by Crippen LogP contribution is -2.18. The van der Waals surface area contributed by atoms with E-state index in [1.165, 1.54) is 110 Å². The summed E-state index contributed by atoms with van der Waals surface area (Å²) < 4.78 is 15.9. The third-order valence-electron chi connectivity index (χ3n) is 19.7. The van der Waals surface area contributed by atoms with Gasteiger partial charge in [0.2, 0.25) is 0 Å². The highest BCUT2D eigenvalue weighted by atomic mass is 16.3. The van der Waals surface area contributed by atoms with Gasteiger partial charge in [0.1, 0.15) is 22.3 Å². The quantitative estimate of drug-likeness (QED) is 0.172. The largest absolute Gasteiger partial charge is 0.456 e.